The van der Waals surface area contributed by atoms with Crippen molar-refractivity contribution < 1.29 is 58.6 Å². The molecule has 312 valence electrons. The molecule has 0 saturated carbocycles. The van der Waals surface area contributed by atoms with Crippen molar-refractivity contribution in [3.63, 3.8) is 0 Å². The number of aromatic hydroxyl groups is 2. The first-order valence-corrected chi connectivity index (χ1v) is 20.2. The van der Waals surface area contributed by atoms with Crippen LogP contribution in [0.5, 0.6) is 17.2 Å². The number of amides is 1. The Balaban J connectivity index is 0.922. The zero-order valence-corrected chi connectivity index (χ0v) is 33.4. The van der Waals surface area contributed by atoms with E-state index in [1.54, 1.807) is 11.8 Å². The molecule has 2 fully saturated rings. The lowest BCUT2D eigenvalue weighted by molar-refractivity contribution is -0.259. The Labute approximate surface area is 345 Å². The second-order valence-corrected chi connectivity index (χ2v) is 16.4. The topological polar surface area (TPSA) is 193 Å². The highest BCUT2D eigenvalue weighted by molar-refractivity contribution is 6.31. The molecule has 9 rings (SSSR count). The number of piperazine rings is 1. The van der Waals surface area contributed by atoms with Crippen LogP contribution in [0.25, 0.3) is 11.1 Å². The normalized spacial score (nSPS) is 26.1. The van der Waals surface area contributed by atoms with Gasteiger partial charge in [-0.15, -0.1) is 0 Å². The van der Waals surface area contributed by atoms with Crippen LogP contribution < -0.4 is 4.74 Å². The second kappa shape index (κ2) is 15.1. The molecule has 14 heteroatoms. The van der Waals surface area contributed by atoms with Crippen LogP contribution in [0.15, 0.2) is 66.7 Å². The highest BCUT2D eigenvalue weighted by Crippen LogP contribution is 2.53. The van der Waals surface area contributed by atoms with Crippen LogP contribution in [0.1, 0.15) is 92.8 Å². The molecule has 4 aromatic carbocycles. The van der Waals surface area contributed by atoms with Gasteiger partial charge in [0, 0.05) is 74.1 Å². The summed E-state index contributed by atoms with van der Waals surface area (Å²) in [7, 11) is 1.35. The van der Waals surface area contributed by atoms with Crippen molar-refractivity contribution in [2.24, 2.45) is 0 Å². The predicted octanol–water partition coefficient (Wildman–Crippen LogP) is 4.64. The summed E-state index contributed by atoms with van der Waals surface area (Å²) in [6.07, 6.45) is -5.12. The molecule has 14 nitrogen and oxygen atoms in total. The number of hydrogen-bond donors (Lipinski definition) is 4. The van der Waals surface area contributed by atoms with Crippen molar-refractivity contribution in [1.29, 1.82) is 0 Å². The Morgan fingerprint density at radius 1 is 0.850 bits per heavy atom. The monoisotopic (exact) mass is 818 g/mol. The zero-order valence-electron chi connectivity index (χ0n) is 33.4. The van der Waals surface area contributed by atoms with Gasteiger partial charge in [-0.1, -0.05) is 60.7 Å². The Morgan fingerprint density at radius 2 is 1.48 bits per heavy atom. The second-order valence-electron chi connectivity index (χ2n) is 16.4. The molecule has 60 heavy (non-hydrogen) atoms. The smallest absolute Gasteiger partial charge is 0.409 e. The number of carbonyl (C=O) groups excluding carboxylic acids is 4. The molecule has 2 unspecified atom stereocenters. The Bertz CT molecular complexity index is 2400. The summed E-state index contributed by atoms with van der Waals surface area (Å²) in [5.74, 6) is -3.33. The van der Waals surface area contributed by atoms with E-state index in [-0.39, 0.29) is 53.4 Å². The fourth-order valence-corrected chi connectivity index (χ4v) is 9.89. The van der Waals surface area contributed by atoms with Crippen molar-refractivity contribution in [2.45, 2.75) is 75.3 Å². The molecule has 4 aromatic rings. The SMILES string of the molecule is COc1cccc2c1C(=O)c1c(O)c3c(c(O)c1C2=O)C[C@@](O)(C(C)=O)C[C@@H]3O[C@H]1CC(N2CCN(C(=O)OCC3c4ccccc4-c4ccccc43)CC2)C(O)[C@H](C)O1. The first kappa shape index (κ1) is 39.8. The summed E-state index contributed by atoms with van der Waals surface area (Å²) >= 11 is 0. The largest absolute Gasteiger partial charge is 0.507 e. The third kappa shape index (κ3) is 6.36. The van der Waals surface area contributed by atoms with E-state index in [2.05, 4.69) is 29.2 Å². The Morgan fingerprint density at radius 3 is 2.13 bits per heavy atom. The lowest BCUT2D eigenvalue weighted by Crippen LogP contribution is -2.60. The van der Waals surface area contributed by atoms with Crippen LogP contribution >= 0.6 is 0 Å². The van der Waals surface area contributed by atoms with Crippen molar-refractivity contribution in [3.8, 4) is 28.4 Å². The fourth-order valence-electron chi connectivity index (χ4n) is 9.89. The fraction of sp³-hybridized carbons (Fsp3) is 0.391. The van der Waals surface area contributed by atoms with Gasteiger partial charge in [-0.2, -0.15) is 0 Å². The maximum atomic E-state index is 14.0. The lowest BCUT2D eigenvalue weighted by Gasteiger charge is -2.47. The van der Waals surface area contributed by atoms with E-state index in [1.807, 2.05) is 24.3 Å². The summed E-state index contributed by atoms with van der Waals surface area (Å²) in [6, 6.07) is 20.3. The number of fused-ring (bicyclic) bond motifs is 6. The molecule has 2 heterocycles. The van der Waals surface area contributed by atoms with Crippen LogP contribution in [0.3, 0.4) is 0 Å². The van der Waals surface area contributed by atoms with Gasteiger partial charge in [-0.05, 0) is 42.2 Å². The lowest BCUT2D eigenvalue weighted by atomic mass is 9.72. The van der Waals surface area contributed by atoms with Gasteiger partial charge >= 0.3 is 6.09 Å². The highest BCUT2D eigenvalue weighted by Gasteiger charge is 2.50. The number of aliphatic hydroxyl groups excluding tert-OH is 1. The van der Waals surface area contributed by atoms with Gasteiger partial charge in [0.2, 0.25) is 5.78 Å². The molecule has 0 spiro atoms. The maximum absolute atomic E-state index is 14.0. The number of benzene rings is 4. The Kier molecular flexibility index (Phi) is 10.0. The van der Waals surface area contributed by atoms with Gasteiger partial charge in [0.15, 0.2) is 17.9 Å². The molecule has 3 aliphatic carbocycles. The summed E-state index contributed by atoms with van der Waals surface area (Å²) in [5, 5.41) is 46.6. The number of ketones is 3. The van der Waals surface area contributed by atoms with Crippen LogP contribution in [0.4, 0.5) is 4.79 Å². The molecule has 6 atom stereocenters. The number of rotatable bonds is 7. The maximum Gasteiger partial charge on any atom is 0.409 e. The van der Waals surface area contributed by atoms with Crippen LogP contribution in [0, 0.1) is 0 Å². The number of ether oxygens (including phenoxy) is 4. The number of phenolic OH excluding ortho intramolecular Hbond substituents is 2. The number of methoxy groups -OCH3 is 1. The number of hydrogen-bond acceptors (Lipinski definition) is 13. The standard InChI is InChI=1S/C46H46N2O12/c1-23-40(50)32(47-15-17-48(18-16-47)45(55)58-22-31-27-11-6-4-9-25(27)26-10-5-7-12-28(26)31)19-35(59-23)60-34-21-46(56,24(2)49)20-30-37(34)44(54)39-38(42(30)52)41(51)29-13-8-14-33(57-3)36(29)43(39)53/h4-14,23,31-32,34-35,40,50,52,54,56H,15-22H2,1-3H3/t23-,32?,34-,35-,40?,46-/m0/s1. The number of Topliss-reactive ketones (excluding diaryl/α,β-unsaturated/α-hetero) is 1. The van der Waals surface area contributed by atoms with E-state index in [0.29, 0.717) is 26.2 Å². The van der Waals surface area contributed by atoms with Gasteiger partial charge in [-0.25, -0.2) is 4.79 Å². The molecule has 4 N–H and O–H groups in total. The van der Waals surface area contributed by atoms with Crippen molar-refractivity contribution in [1.82, 2.24) is 9.80 Å². The zero-order chi connectivity index (χ0) is 42.2. The third-order valence-corrected chi connectivity index (χ3v) is 13.1. The molecule has 5 aliphatic rings. The van der Waals surface area contributed by atoms with Gasteiger partial charge in [0.1, 0.15) is 29.5 Å². The minimum atomic E-state index is -2.06. The van der Waals surface area contributed by atoms with Crippen LogP contribution in [-0.4, -0.2) is 124 Å². The quantitative estimate of drug-likeness (QED) is 0.166. The molecule has 2 aliphatic heterocycles. The van der Waals surface area contributed by atoms with E-state index in [9.17, 15) is 39.6 Å². The summed E-state index contributed by atoms with van der Waals surface area (Å²) in [5.41, 5.74) is 1.36. The molecule has 0 radical (unpaired) electrons. The molecular weight excluding hydrogens is 773 g/mol. The number of carbonyl (C=O) groups is 4. The molecule has 0 aromatic heterocycles. The van der Waals surface area contributed by atoms with Gasteiger partial charge < -0.3 is 44.3 Å². The first-order chi connectivity index (χ1) is 28.8. The average Bonchev–Trinajstić information content (AvgIpc) is 3.57. The number of phenols is 2. The molecule has 0 bridgehead atoms. The summed E-state index contributed by atoms with van der Waals surface area (Å²) in [6.45, 7) is 4.63. The highest BCUT2D eigenvalue weighted by atomic mass is 16.7. The number of nitrogens with zero attached hydrogens (tertiary/aromatic N) is 2. The molecule has 2 saturated heterocycles. The van der Waals surface area contributed by atoms with E-state index in [4.69, 9.17) is 18.9 Å². The van der Waals surface area contributed by atoms with Crippen LogP contribution in [-0.2, 0) is 25.4 Å². The summed E-state index contributed by atoms with van der Waals surface area (Å²) in [4.78, 5) is 57.9. The van der Waals surface area contributed by atoms with E-state index >= 15 is 0 Å². The number of aliphatic hydroxyl groups is 2. The molecular formula is C46H46N2O12. The van der Waals surface area contributed by atoms with E-state index < -0.39 is 88.7 Å². The Hall–Kier alpha value is -5.64. The first-order valence-electron chi connectivity index (χ1n) is 20.2. The van der Waals surface area contributed by atoms with Crippen molar-refractivity contribution in [3.05, 3.63) is 111 Å². The minimum absolute atomic E-state index is 0.0275. The van der Waals surface area contributed by atoms with Gasteiger partial charge in [0.05, 0.1) is 42.1 Å². The predicted molar refractivity (Wildman–Crippen MR) is 214 cm³/mol. The van der Waals surface area contributed by atoms with Gasteiger partial charge in [-0.3, -0.25) is 19.3 Å². The summed E-state index contributed by atoms with van der Waals surface area (Å²) < 4.78 is 23.9. The van der Waals surface area contributed by atoms with Gasteiger partial charge in [0.25, 0.3) is 0 Å². The van der Waals surface area contributed by atoms with Crippen molar-refractivity contribution >= 4 is 23.4 Å². The average molecular weight is 819 g/mol. The third-order valence-electron chi connectivity index (χ3n) is 13.1. The molecule has 1 amide bonds. The van der Waals surface area contributed by atoms with E-state index in [0.717, 1.165) is 22.3 Å². The van der Waals surface area contributed by atoms with Crippen molar-refractivity contribution in [2.75, 3.05) is 39.9 Å². The van der Waals surface area contributed by atoms with E-state index in [1.165, 1.54) is 32.2 Å². The van der Waals surface area contributed by atoms with Crippen LogP contribution in [0.2, 0.25) is 0 Å². The minimum Gasteiger partial charge on any atom is -0.507 e.